The molecular weight excluding hydrogens is 288 g/mol. The summed E-state index contributed by atoms with van der Waals surface area (Å²) in [6, 6.07) is 17.9. The van der Waals surface area contributed by atoms with E-state index in [1.165, 1.54) is 12.0 Å². The van der Waals surface area contributed by atoms with E-state index in [0.717, 1.165) is 28.2 Å². The van der Waals surface area contributed by atoms with Crippen molar-refractivity contribution in [2.24, 2.45) is 0 Å². The molecule has 0 atom stereocenters. The van der Waals surface area contributed by atoms with E-state index >= 15 is 0 Å². The molecule has 114 valence electrons. The fraction of sp³-hybridized carbons (Fsp3) is 0.250. The number of carbonyl (C=O) groups excluding carboxylic acids is 1. The number of hydrogen-bond acceptors (Lipinski definition) is 2. The van der Waals surface area contributed by atoms with E-state index in [1.807, 2.05) is 49.4 Å². The Morgan fingerprint density at radius 3 is 2.32 bits per heavy atom. The van der Waals surface area contributed by atoms with Gasteiger partial charge in [-0.1, -0.05) is 73.5 Å². The highest BCUT2D eigenvalue weighted by Gasteiger charge is 2.07. The van der Waals surface area contributed by atoms with Crippen LogP contribution in [-0.4, -0.2) is 11.5 Å². The molecule has 2 aromatic carbocycles. The molecule has 0 heterocycles. The van der Waals surface area contributed by atoms with E-state index in [9.17, 15) is 4.79 Å². The van der Waals surface area contributed by atoms with Crippen LogP contribution in [0.1, 0.15) is 41.3 Å². The maximum absolute atomic E-state index is 12.5. The lowest BCUT2D eigenvalue weighted by atomic mass is 10.1. The van der Waals surface area contributed by atoms with E-state index in [4.69, 9.17) is 0 Å². The topological polar surface area (TPSA) is 17.1 Å². The molecule has 1 nitrogen and oxygen atoms in total. The van der Waals surface area contributed by atoms with Crippen LogP contribution in [0, 0.1) is 6.92 Å². The number of aryl methyl sites for hydroxylation is 1. The Labute approximate surface area is 137 Å². The highest BCUT2D eigenvalue weighted by molar-refractivity contribution is 8.08. The summed E-state index contributed by atoms with van der Waals surface area (Å²) in [5, 5.41) is 0. The number of hydrogen-bond donors (Lipinski definition) is 0. The predicted octanol–water partition coefficient (Wildman–Crippen LogP) is 5.75. The Morgan fingerprint density at radius 2 is 1.68 bits per heavy atom. The van der Waals surface area contributed by atoms with Crippen LogP contribution in [0.25, 0.3) is 4.91 Å². The van der Waals surface area contributed by atoms with Crippen LogP contribution in [0.5, 0.6) is 0 Å². The third kappa shape index (κ3) is 4.88. The van der Waals surface area contributed by atoms with Crippen molar-refractivity contribution < 1.29 is 4.79 Å². The number of benzene rings is 2. The highest BCUT2D eigenvalue weighted by atomic mass is 32.2. The molecule has 2 aromatic rings. The molecule has 0 aliphatic carbocycles. The molecule has 0 aromatic heterocycles. The molecule has 0 bridgehead atoms. The van der Waals surface area contributed by atoms with Crippen molar-refractivity contribution in [2.75, 3.05) is 5.75 Å². The number of rotatable bonds is 7. The second-order valence-electron chi connectivity index (χ2n) is 5.31. The van der Waals surface area contributed by atoms with Gasteiger partial charge in [-0.05, 0) is 24.7 Å². The van der Waals surface area contributed by atoms with Crippen molar-refractivity contribution in [1.82, 2.24) is 0 Å². The summed E-state index contributed by atoms with van der Waals surface area (Å²) in [5.41, 5.74) is 3.03. The Bertz CT molecular complexity index is 627. The lowest BCUT2D eigenvalue weighted by Crippen LogP contribution is -1.96. The van der Waals surface area contributed by atoms with Crippen molar-refractivity contribution in [3.63, 3.8) is 0 Å². The largest absolute Gasteiger partial charge is 0.289 e. The third-order valence-electron chi connectivity index (χ3n) is 3.41. The molecule has 0 aliphatic rings. The highest BCUT2D eigenvalue weighted by Crippen LogP contribution is 2.28. The van der Waals surface area contributed by atoms with E-state index in [2.05, 4.69) is 19.1 Å². The van der Waals surface area contributed by atoms with E-state index in [1.54, 1.807) is 17.8 Å². The van der Waals surface area contributed by atoms with Gasteiger partial charge in [-0.3, -0.25) is 4.79 Å². The predicted molar refractivity (Wildman–Crippen MR) is 97.3 cm³/mol. The first-order valence-electron chi connectivity index (χ1n) is 7.71. The number of thioether (sulfide) groups is 1. The maximum atomic E-state index is 12.5. The molecule has 0 radical (unpaired) electrons. The standard InChI is InChI=1S/C20H22OS/c1-3-4-14-22-20(18-8-6-5-7-9-18)15-19(21)17-12-10-16(2)11-13-17/h5-13,15H,3-4,14H2,1-2H3/b20-15-. The van der Waals surface area contributed by atoms with Crippen LogP contribution in [0.2, 0.25) is 0 Å². The van der Waals surface area contributed by atoms with Gasteiger partial charge in [0.25, 0.3) is 0 Å². The van der Waals surface area contributed by atoms with Gasteiger partial charge in [0, 0.05) is 16.5 Å². The summed E-state index contributed by atoms with van der Waals surface area (Å²) in [6.45, 7) is 4.21. The van der Waals surface area contributed by atoms with Gasteiger partial charge >= 0.3 is 0 Å². The first-order chi connectivity index (χ1) is 10.7. The second-order valence-corrected chi connectivity index (χ2v) is 6.44. The van der Waals surface area contributed by atoms with Crippen molar-refractivity contribution in [3.05, 3.63) is 77.4 Å². The second kappa shape index (κ2) is 8.60. The van der Waals surface area contributed by atoms with Crippen LogP contribution in [0.4, 0.5) is 0 Å². The van der Waals surface area contributed by atoms with Crippen molar-refractivity contribution in [1.29, 1.82) is 0 Å². The number of carbonyl (C=O) groups is 1. The summed E-state index contributed by atoms with van der Waals surface area (Å²) in [4.78, 5) is 13.5. The van der Waals surface area contributed by atoms with Crippen LogP contribution >= 0.6 is 11.8 Å². The van der Waals surface area contributed by atoms with Gasteiger partial charge in [0.15, 0.2) is 5.78 Å². The average Bonchev–Trinajstić information content (AvgIpc) is 2.55. The zero-order chi connectivity index (χ0) is 15.8. The van der Waals surface area contributed by atoms with Gasteiger partial charge in [-0.15, -0.1) is 11.8 Å². The summed E-state index contributed by atoms with van der Waals surface area (Å²) in [5.74, 6) is 1.11. The van der Waals surface area contributed by atoms with Crippen molar-refractivity contribution in [3.8, 4) is 0 Å². The molecule has 0 fully saturated rings. The molecule has 0 amide bonds. The fourth-order valence-electron chi connectivity index (χ4n) is 2.06. The molecule has 22 heavy (non-hydrogen) atoms. The first-order valence-corrected chi connectivity index (χ1v) is 8.70. The molecule has 0 aliphatic heterocycles. The fourth-order valence-corrected chi connectivity index (χ4v) is 3.20. The average molecular weight is 310 g/mol. The summed E-state index contributed by atoms with van der Waals surface area (Å²) >= 11 is 1.77. The molecule has 2 heteroatoms. The summed E-state index contributed by atoms with van der Waals surface area (Å²) in [7, 11) is 0. The molecule has 0 spiro atoms. The van der Waals surface area contributed by atoms with Gasteiger partial charge in [0.05, 0.1) is 0 Å². The van der Waals surface area contributed by atoms with Gasteiger partial charge in [-0.25, -0.2) is 0 Å². The minimum Gasteiger partial charge on any atom is -0.289 e. The smallest absolute Gasteiger partial charge is 0.186 e. The number of ketones is 1. The number of unbranched alkanes of at least 4 members (excludes halogenated alkanes) is 1. The van der Waals surface area contributed by atoms with Crippen LogP contribution in [0.3, 0.4) is 0 Å². The molecule has 0 saturated carbocycles. The lowest BCUT2D eigenvalue weighted by Gasteiger charge is -2.07. The van der Waals surface area contributed by atoms with Crippen molar-refractivity contribution in [2.45, 2.75) is 26.7 Å². The zero-order valence-corrected chi connectivity index (χ0v) is 14.0. The Kier molecular flexibility index (Phi) is 6.47. The van der Waals surface area contributed by atoms with Crippen LogP contribution < -0.4 is 0 Å². The normalized spacial score (nSPS) is 11.5. The number of allylic oxidation sites excluding steroid dienone is 1. The summed E-state index contributed by atoms with van der Waals surface area (Å²) in [6.07, 6.45) is 4.11. The van der Waals surface area contributed by atoms with Gasteiger partial charge in [0.1, 0.15) is 0 Å². The van der Waals surface area contributed by atoms with Gasteiger partial charge in [0.2, 0.25) is 0 Å². The van der Waals surface area contributed by atoms with Crippen LogP contribution in [-0.2, 0) is 0 Å². The van der Waals surface area contributed by atoms with Crippen LogP contribution in [0.15, 0.2) is 60.7 Å². The van der Waals surface area contributed by atoms with Crippen molar-refractivity contribution >= 4 is 22.5 Å². The molecule has 0 N–H and O–H groups in total. The van der Waals surface area contributed by atoms with E-state index in [-0.39, 0.29) is 5.78 Å². The molecule has 0 saturated heterocycles. The molecule has 2 rings (SSSR count). The Balaban J connectivity index is 2.23. The Morgan fingerprint density at radius 1 is 1.00 bits per heavy atom. The minimum absolute atomic E-state index is 0.0721. The Hall–Kier alpha value is -1.80. The van der Waals surface area contributed by atoms with Gasteiger partial charge in [-0.2, -0.15) is 0 Å². The van der Waals surface area contributed by atoms with E-state index < -0.39 is 0 Å². The lowest BCUT2D eigenvalue weighted by molar-refractivity contribution is 0.104. The maximum Gasteiger partial charge on any atom is 0.186 e. The SMILES string of the molecule is CCCCS/C(=C\C(=O)c1ccc(C)cc1)c1ccccc1. The monoisotopic (exact) mass is 310 g/mol. The molecule has 0 unspecified atom stereocenters. The molecular formula is C20H22OS. The summed E-state index contributed by atoms with van der Waals surface area (Å²) < 4.78 is 0. The minimum atomic E-state index is 0.0721. The quantitative estimate of drug-likeness (QED) is 0.368. The third-order valence-corrected chi connectivity index (χ3v) is 4.57. The zero-order valence-electron chi connectivity index (χ0n) is 13.2. The van der Waals surface area contributed by atoms with Gasteiger partial charge < -0.3 is 0 Å². The van der Waals surface area contributed by atoms with E-state index in [0.29, 0.717) is 0 Å². The first kappa shape index (κ1) is 16.6.